The maximum atomic E-state index is 11.8. The van der Waals surface area contributed by atoms with Crippen molar-refractivity contribution >= 4 is 22.5 Å². The van der Waals surface area contributed by atoms with Gasteiger partial charge in [0.1, 0.15) is 0 Å². The minimum atomic E-state index is -2.49. The summed E-state index contributed by atoms with van der Waals surface area (Å²) in [6.45, 7) is 0.782. The summed E-state index contributed by atoms with van der Waals surface area (Å²) < 4.78 is 23.6. The summed E-state index contributed by atoms with van der Waals surface area (Å²) in [5.74, 6) is 0. The molecule has 0 heterocycles. The standard InChI is InChI=1S/C15H17N3O4S/c16-8-9-17-14-7-6-12(18(19)20)10-13(14)15(23(21)22)11-4-2-1-3-5-11/h1-7,10,15,17H,8-9,16H2,(H,21,22)/p-1. The maximum Gasteiger partial charge on any atom is 0.269 e. The van der Waals surface area contributed by atoms with Gasteiger partial charge in [-0.3, -0.25) is 14.3 Å². The molecule has 2 rings (SSSR count). The van der Waals surface area contributed by atoms with E-state index in [2.05, 4.69) is 5.32 Å². The predicted octanol–water partition coefficient (Wildman–Crippen LogP) is 1.93. The van der Waals surface area contributed by atoms with Crippen molar-refractivity contribution in [2.24, 2.45) is 5.73 Å². The van der Waals surface area contributed by atoms with Gasteiger partial charge in [0.15, 0.2) is 0 Å². The number of nitrogens with one attached hydrogen (secondary N) is 1. The van der Waals surface area contributed by atoms with Crippen LogP contribution in [0.2, 0.25) is 0 Å². The molecule has 0 aromatic heterocycles. The summed E-state index contributed by atoms with van der Waals surface area (Å²) in [5, 5.41) is 13.0. The van der Waals surface area contributed by atoms with Crippen molar-refractivity contribution in [1.29, 1.82) is 0 Å². The Balaban J connectivity index is 2.57. The first kappa shape index (κ1) is 17.1. The third kappa shape index (κ3) is 4.13. The van der Waals surface area contributed by atoms with Gasteiger partial charge in [0, 0.05) is 36.5 Å². The fourth-order valence-corrected chi connectivity index (χ4v) is 3.05. The second-order valence-corrected chi connectivity index (χ2v) is 5.79. The summed E-state index contributed by atoms with van der Waals surface area (Å²) >= 11 is -2.49. The molecule has 2 aromatic carbocycles. The topological polar surface area (TPSA) is 121 Å². The Bertz CT molecular complexity index is 709. The Hall–Kier alpha value is -2.29. The molecule has 122 valence electrons. The van der Waals surface area contributed by atoms with Crippen molar-refractivity contribution in [3.63, 3.8) is 0 Å². The lowest BCUT2D eigenvalue weighted by Gasteiger charge is -2.23. The molecule has 23 heavy (non-hydrogen) atoms. The summed E-state index contributed by atoms with van der Waals surface area (Å²) in [4.78, 5) is 10.5. The van der Waals surface area contributed by atoms with Crippen LogP contribution in [0.15, 0.2) is 48.5 Å². The van der Waals surface area contributed by atoms with Crippen molar-refractivity contribution in [3.05, 3.63) is 69.8 Å². The summed E-state index contributed by atoms with van der Waals surface area (Å²) in [6.07, 6.45) is 0. The van der Waals surface area contributed by atoms with Crippen molar-refractivity contribution in [2.75, 3.05) is 18.4 Å². The second kappa shape index (κ2) is 7.82. The van der Waals surface area contributed by atoms with Crippen LogP contribution < -0.4 is 11.1 Å². The highest BCUT2D eigenvalue weighted by Gasteiger charge is 2.21. The Morgan fingerprint density at radius 3 is 2.48 bits per heavy atom. The number of nitro benzene ring substituents is 1. The molecule has 0 spiro atoms. The number of anilines is 1. The number of hydrogen-bond acceptors (Lipinski definition) is 6. The van der Waals surface area contributed by atoms with Gasteiger partial charge in [0.2, 0.25) is 0 Å². The van der Waals surface area contributed by atoms with Gasteiger partial charge < -0.3 is 15.6 Å². The molecule has 0 bridgehead atoms. The lowest BCUT2D eigenvalue weighted by atomic mass is 10.0. The molecule has 2 unspecified atom stereocenters. The molecule has 7 nitrogen and oxygen atoms in total. The summed E-state index contributed by atoms with van der Waals surface area (Å²) in [6, 6.07) is 12.7. The molecule has 0 saturated heterocycles. The van der Waals surface area contributed by atoms with Crippen molar-refractivity contribution < 1.29 is 13.7 Å². The Kier molecular flexibility index (Phi) is 5.80. The van der Waals surface area contributed by atoms with Gasteiger partial charge in [-0.05, 0) is 22.7 Å². The van der Waals surface area contributed by atoms with Crippen LogP contribution in [0.1, 0.15) is 16.4 Å². The van der Waals surface area contributed by atoms with E-state index in [0.29, 0.717) is 29.9 Å². The molecule has 0 aliphatic carbocycles. The predicted molar refractivity (Wildman–Crippen MR) is 87.8 cm³/mol. The van der Waals surface area contributed by atoms with Crippen LogP contribution >= 0.6 is 0 Å². The van der Waals surface area contributed by atoms with E-state index in [1.54, 1.807) is 30.3 Å². The quantitative estimate of drug-likeness (QED) is 0.453. The zero-order chi connectivity index (χ0) is 16.8. The molecule has 3 N–H and O–H groups in total. The molecule has 2 aromatic rings. The normalized spacial score (nSPS) is 13.3. The fraction of sp³-hybridized carbons (Fsp3) is 0.200. The number of nitrogens with zero attached hydrogens (tertiary/aromatic N) is 1. The highest BCUT2D eigenvalue weighted by molar-refractivity contribution is 7.79. The van der Waals surface area contributed by atoms with Crippen LogP contribution in [0, 0.1) is 10.1 Å². The van der Waals surface area contributed by atoms with E-state index in [9.17, 15) is 18.9 Å². The molecule has 0 saturated carbocycles. The van der Waals surface area contributed by atoms with Gasteiger partial charge in [-0.15, -0.1) is 0 Å². The largest absolute Gasteiger partial charge is 0.772 e. The smallest absolute Gasteiger partial charge is 0.269 e. The highest BCUT2D eigenvalue weighted by atomic mass is 32.2. The van der Waals surface area contributed by atoms with Crippen LogP contribution in [0.3, 0.4) is 0 Å². The number of hydrogen-bond donors (Lipinski definition) is 2. The first-order valence-corrected chi connectivity index (χ1v) is 8.03. The van der Waals surface area contributed by atoms with Gasteiger partial charge in [-0.2, -0.15) is 0 Å². The van der Waals surface area contributed by atoms with Gasteiger partial charge >= 0.3 is 0 Å². The maximum absolute atomic E-state index is 11.8. The molecular formula is C15H16N3O4S-. The van der Waals surface area contributed by atoms with Crippen molar-refractivity contribution in [2.45, 2.75) is 5.25 Å². The van der Waals surface area contributed by atoms with E-state index >= 15 is 0 Å². The lowest BCUT2D eigenvalue weighted by Crippen LogP contribution is -2.16. The van der Waals surface area contributed by atoms with E-state index in [4.69, 9.17) is 5.73 Å². The summed E-state index contributed by atoms with van der Waals surface area (Å²) in [7, 11) is 0. The molecule has 0 amide bonds. The number of nitro groups is 1. The highest BCUT2D eigenvalue weighted by Crippen LogP contribution is 2.35. The van der Waals surface area contributed by atoms with E-state index in [-0.39, 0.29) is 5.69 Å². The molecule has 0 fully saturated rings. The zero-order valence-electron chi connectivity index (χ0n) is 12.2. The first-order chi connectivity index (χ1) is 11.0. The van der Waals surface area contributed by atoms with Crippen LogP contribution in [0.4, 0.5) is 11.4 Å². The average Bonchev–Trinajstić information content (AvgIpc) is 2.54. The molecule has 0 aliphatic rings. The first-order valence-electron chi connectivity index (χ1n) is 6.90. The van der Waals surface area contributed by atoms with Gasteiger partial charge in [0.25, 0.3) is 5.69 Å². The van der Waals surface area contributed by atoms with E-state index in [1.165, 1.54) is 18.2 Å². The number of benzene rings is 2. The average molecular weight is 334 g/mol. The van der Waals surface area contributed by atoms with Gasteiger partial charge in [-0.1, -0.05) is 30.3 Å². The Labute approximate surface area is 136 Å². The SMILES string of the molecule is NCCNc1ccc([N+](=O)[O-])cc1C(c1ccccc1)S(=O)[O-]. The minimum Gasteiger partial charge on any atom is -0.772 e. The number of non-ortho nitro benzene ring substituents is 1. The number of nitrogens with two attached hydrogens (primary N) is 1. The molecule has 8 heteroatoms. The third-order valence-corrected chi connectivity index (χ3v) is 4.19. The molecule has 0 aliphatic heterocycles. The van der Waals surface area contributed by atoms with Crippen molar-refractivity contribution in [3.8, 4) is 0 Å². The van der Waals surface area contributed by atoms with E-state index < -0.39 is 21.3 Å². The van der Waals surface area contributed by atoms with Gasteiger partial charge in [0.05, 0.1) is 10.2 Å². The second-order valence-electron chi connectivity index (χ2n) is 4.80. The van der Waals surface area contributed by atoms with E-state index in [1.807, 2.05) is 0 Å². The van der Waals surface area contributed by atoms with Crippen LogP contribution in [-0.4, -0.2) is 26.8 Å². The third-order valence-electron chi connectivity index (χ3n) is 3.28. The van der Waals surface area contributed by atoms with Crippen molar-refractivity contribution in [1.82, 2.24) is 0 Å². The van der Waals surface area contributed by atoms with Crippen LogP contribution in [-0.2, 0) is 11.1 Å². The van der Waals surface area contributed by atoms with Gasteiger partial charge in [-0.25, -0.2) is 0 Å². The zero-order valence-corrected chi connectivity index (χ0v) is 13.0. The minimum absolute atomic E-state index is 0.162. The Morgan fingerprint density at radius 2 is 1.91 bits per heavy atom. The van der Waals surface area contributed by atoms with Crippen LogP contribution in [0.5, 0.6) is 0 Å². The molecular weight excluding hydrogens is 318 g/mol. The van der Waals surface area contributed by atoms with Crippen LogP contribution in [0.25, 0.3) is 0 Å². The fourth-order valence-electron chi connectivity index (χ4n) is 2.27. The van der Waals surface area contributed by atoms with E-state index in [0.717, 1.165) is 0 Å². The monoisotopic (exact) mass is 334 g/mol. The molecule has 2 atom stereocenters. The Morgan fingerprint density at radius 1 is 1.22 bits per heavy atom. The molecule has 0 radical (unpaired) electrons. The lowest BCUT2D eigenvalue weighted by molar-refractivity contribution is -0.384. The summed E-state index contributed by atoms with van der Waals surface area (Å²) in [5.41, 5.74) is 6.67. The number of rotatable bonds is 7.